The van der Waals surface area contributed by atoms with Crippen LogP contribution in [0.1, 0.15) is 5.56 Å². The largest absolute Gasteiger partial charge is 1.00 e. The second-order valence-corrected chi connectivity index (χ2v) is 4.20. The van der Waals surface area contributed by atoms with Gasteiger partial charge in [-0.1, -0.05) is 24.3 Å². The summed E-state index contributed by atoms with van der Waals surface area (Å²) in [6.45, 7) is -1.12. The molecule has 1 fully saturated rings. The molecule has 7 heteroatoms. The average molecular weight is 283 g/mol. The van der Waals surface area contributed by atoms with Gasteiger partial charge in [0.05, 0.1) is 13.2 Å². The van der Waals surface area contributed by atoms with Crippen LogP contribution in [0.4, 0.5) is 12.9 Å². The number of rotatable bonds is 3. The van der Waals surface area contributed by atoms with Gasteiger partial charge in [-0.2, -0.15) is 0 Å². The van der Waals surface area contributed by atoms with E-state index in [9.17, 15) is 12.9 Å². The fraction of sp³-hybridized carbons (Fsp3) is 0.455. The van der Waals surface area contributed by atoms with E-state index in [4.69, 9.17) is 4.74 Å². The SMILES string of the molecule is F[B-](F)(F)c1ccc(CN2CCOCC2)cc1.[K+]. The summed E-state index contributed by atoms with van der Waals surface area (Å²) < 4.78 is 42.5. The Morgan fingerprint density at radius 2 is 1.61 bits per heavy atom. The number of benzene rings is 1. The predicted molar refractivity (Wildman–Crippen MR) is 61.3 cm³/mol. The van der Waals surface area contributed by atoms with Crippen LogP contribution < -0.4 is 56.8 Å². The van der Waals surface area contributed by atoms with E-state index in [0.29, 0.717) is 19.8 Å². The normalized spacial score (nSPS) is 17.3. The van der Waals surface area contributed by atoms with Crippen molar-refractivity contribution in [1.82, 2.24) is 4.90 Å². The molecule has 0 aliphatic carbocycles. The van der Waals surface area contributed by atoms with Crippen LogP contribution in [0.15, 0.2) is 24.3 Å². The molecule has 0 spiro atoms. The van der Waals surface area contributed by atoms with E-state index in [0.717, 1.165) is 30.8 Å². The van der Waals surface area contributed by atoms with E-state index in [2.05, 4.69) is 4.90 Å². The Labute approximate surface area is 147 Å². The molecule has 0 amide bonds. The smallest absolute Gasteiger partial charge is 0.445 e. The molecular formula is C11H14BF3KNO. The quantitative estimate of drug-likeness (QED) is 0.631. The van der Waals surface area contributed by atoms with E-state index in [1.165, 1.54) is 0 Å². The molecule has 1 aliphatic rings. The number of ether oxygens (including phenoxy) is 1. The molecule has 0 radical (unpaired) electrons. The van der Waals surface area contributed by atoms with Gasteiger partial charge in [0.2, 0.25) is 0 Å². The Kier molecular flexibility index (Phi) is 6.88. The monoisotopic (exact) mass is 283 g/mol. The molecule has 94 valence electrons. The summed E-state index contributed by atoms with van der Waals surface area (Å²) in [6, 6.07) is 5.44. The van der Waals surface area contributed by atoms with Crippen molar-refractivity contribution >= 4 is 12.4 Å². The van der Waals surface area contributed by atoms with Crippen LogP contribution in [0, 0.1) is 0 Å². The molecule has 18 heavy (non-hydrogen) atoms. The van der Waals surface area contributed by atoms with E-state index in [1.54, 1.807) is 12.1 Å². The molecule has 0 unspecified atom stereocenters. The molecule has 1 saturated heterocycles. The topological polar surface area (TPSA) is 12.5 Å². The van der Waals surface area contributed by atoms with Crippen LogP contribution >= 0.6 is 0 Å². The fourth-order valence-electron chi connectivity index (χ4n) is 1.86. The molecule has 2 rings (SSSR count). The van der Waals surface area contributed by atoms with Crippen molar-refractivity contribution in [3.05, 3.63) is 29.8 Å². The molecule has 0 bridgehead atoms. The molecule has 2 nitrogen and oxygen atoms in total. The molecule has 1 aliphatic heterocycles. The van der Waals surface area contributed by atoms with Crippen molar-refractivity contribution in [2.24, 2.45) is 0 Å². The molecule has 0 aromatic heterocycles. The first-order valence-corrected chi connectivity index (χ1v) is 5.64. The summed E-state index contributed by atoms with van der Waals surface area (Å²) in [7, 11) is 0. The first kappa shape index (κ1) is 16.7. The molecule has 0 N–H and O–H groups in total. The Hall–Kier alpha value is 0.631. The number of halogens is 3. The minimum absolute atomic E-state index is 0. The van der Waals surface area contributed by atoms with E-state index in [1.807, 2.05) is 0 Å². The minimum atomic E-state index is -4.88. The number of hydrogen-bond acceptors (Lipinski definition) is 2. The maximum absolute atomic E-state index is 12.4. The number of nitrogens with zero attached hydrogens (tertiary/aromatic N) is 1. The van der Waals surface area contributed by atoms with Gasteiger partial charge in [0, 0.05) is 19.6 Å². The van der Waals surface area contributed by atoms with E-state index >= 15 is 0 Å². The second kappa shape index (κ2) is 7.42. The third-order valence-corrected chi connectivity index (χ3v) is 2.87. The fourth-order valence-corrected chi connectivity index (χ4v) is 1.86. The molecule has 0 atom stereocenters. The first-order chi connectivity index (χ1) is 8.05. The predicted octanol–water partition coefficient (Wildman–Crippen LogP) is -1.42. The van der Waals surface area contributed by atoms with Crippen molar-refractivity contribution in [2.45, 2.75) is 6.54 Å². The van der Waals surface area contributed by atoms with Gasteiger partial charge in [0.25, 0.3) is 0 Å². The van der Waals surface area contributed by atoms with Crippen molar-refractivity contribution in [1.29, 1.82) is 0 Å². The molecule has 1 heterocycles. The maximum atomic E-state index is 12.4. The van der Waals surface area contributed by atoms with Gasteiger partial charge in [-0.15, -0.1) is 5.46 Å². The van der Waals surface area contributed by atoms with E-state index in [-0.39, 0.29) is 51.4 Å². The van der Waals surface area contributed by atoms with Gasteiger partial charge in [-0.3, -0.25) is 4.90 Å². The Morgan fingerprint density at radius 1 is 1.06 bits per heavy atom. The van der Waals surface area contributed by atoms with Crippen molar-refractivity contribution in [2.75, 3.05) is 26.3 Å². The third kappa shape index (κ3) is 4.96. The minimum Gasteiger partial charge on any atom is -0.445 e. The zero-order valence-electron chi connectivity index (χ0n) is 10.4. The summed E-state index contributed by atoms with van der Waals surface area (Å²) in [4.78, 5) is 2.18. The van der Waals surface area contributed by atoms with Crippen LogP contribution in [-0.4, -0.2) is 38.2 Å². The van der Waals surface area contributed by atoms with Crippen molar-refractivity contribution in [3.8, 4) is 0 Å². The zero-order chi connectivity index (χ0) is 12.3. The van der Waals surface area contributed by atoms with Gasteiger partial charge in [-0.05, 0) is 5.56 Å². The van der Waals surface area contributed by atoms with Gasteiger partial charge >= 0.3 is 58.4 Å². The van der Waals surface area contributed by atoms with Crippen LogP contribution in [0.25, 0.3) is 0 Å². The summed E-state index contributed by atoms with van der Waals surface area (Å²) in [5.41, 5.74) is 0.381. The number of morpholine rings is 1. The van der Waals surface area contributed by atoms with Crippen molar-refractivity contribution < 1.29 is 69.1 Å². The molecule has 1 aromatic carbocycles. The molecule has 1 aromatic rings. The van der Waals surface area contributed by atoms with Gasteiger partial charge < -0.3 is 17.7 Å². The summed E-state index contributed by atoms with van der Waals surface area (Å²) in [5, 5.41) is 0. The molecule has 0 saturated carbocycles. The zero-order valence-corrected chi connectivity index (χ0v) is 13.5. The van der Waals surface area contributed by atoms with Gasteiger partial charge in [0.15, 0.2) is 0 Å². The standard InChI is InChI=1S/C11H14BF3NO.K/c13-12(14,15)11-3-1-10(2-4-11)9-16-5-7-17-8-6-16;/h1-4H,5-9H2;/q-1;+1. The Bertz CT molecular complexity index is 366. The molecular weight excluding hydrogens is 269 g/mol. The summed E-state index contributed by atoms with van der Waals surface area (Å²) in [5.74, 6) is 0. The van der Waals surface area contributed by atoms with Crippen LogP contribution in [-0.2, 0) is 11.3 Å². The maximum Gasteiger partial charge on any atom is 1.00 e. The van der Waals surface area contributed by atoms with E-state index < -0.39 is 12.4 Å². The van der Waals surface area contributed by atoms with Gasteiger partial charge in [-0.25, -0.2) is 0 Å². The van der Waals surface area contributed by atoms with Crippen LogP contribution in [0.5, 0.6) is 0 Å². The van der Waals surface area contributed by atoms with Crippen molar-refractivity contribution in [3.63, 3.8) is 0 Å². The summed E-state index contributed by atoms with van der Waals surface area (Å²) in [6.07, 6.45) is 0. The van der Waals surface area contributed by atoms with Gasteiger partial charge in [0.1, 0.15) is 0 Å². The van der Waals surface area contributed by atoms with Crippen LogP contribution in [0.2, 0.25) is 0 Å². The van der Waals surface area contributed by atoms with Crippen LogP contribution in [0.3, 0.4) is 0 Å². The number of hydrogen-bond donors (Lipinski definition) is 0. The second-order valence-electron chi connectivity index (χ2n) is 4.20. The Balaban J connectivity index is 0.00000162. The Morgan fingerprint density at radius 3 is 2.11 bits per heavy atom. The summed E-state index contributed by atoms with van der Waals surface area (Å²) >= 11 is 0. The first-order valence-electron chi connectivity index (χ1n) is 5.64. The average Bonchev–Trinajstić information content (AvgIpc) is 2.30. The third-order valence-electron chi connectivity index (χ3n) is 2.87.